The minimum Gasteiger partial charge on any atom is -0.488 e. The van der Waals surface area contributed by atoms with Crippen LogP contribution in [0.4, 0.5) is 0 Å². The second-order valence-corrected chi connectivity index (χ2v) is 10.2. The van der Waals surface area contributed by atoms with Gasteiger partial charge in [0.15, 0.2) is 5.58 Å². The van der Waals surface area contributed by atoms with E-state index in [0.717, 1.165) is 17.7 Å². The van der Waals surface area contributed by atoms with Crippen LogP contribution < -0.4 is 15.7 Å². The molecule has 0 saturated carbocycles. The first-order valence-electron chi connectivity index (χ1n) is 14.0. The fraction of sp³-hybridized carbons (Fsp3) is 0.333. The molecular weight excluding hydrogens is 536 g/mol. The van der Waals surface area contributed by atoms with Crippen LogP contribution in [0.15, 0.2) is 81.5 Å². The van der Waals surface area contributed by atoms with E-state index >= 15 is 0 Å². The number of aromatic nitrogens is 2. The summed E-state index contributed by atoms with van der Waals surface area (Å²) in [5.74, 6) is 7.36. The molecule has 4 heterocycles. The van der Waals surface area contributed by atoms with E-state index in [9.17, 15) is 4.79 Å². The van der Waals surface area contributed by atoms with E-state index in [2.05, 4.69) is 30.2 Å². The summed E-state index contributed by atoms with van der Waals surface area (Å²) in [5.41, 5.74) is 3.37. The third kappa shape index (κ3) is 5.85. The van der Waals surface area contributed by atoms with Gasteiger partial charge >= 0.3 is 5.84 Å². The molecule has 2 atom stereocenters. The molecule has 2 aromatic heterocycles. The van der Waals surface area contributed by atoms with Crippen molar-refractivity contribution in [1.29, 1.82) is 0 Å². The van der Waals surface area contributed by atoms with E-state index in [0.29, 0.717) is 73.5 Å². The third-order valence-electron chi connectivity index (χ3n) is 7.47. The van der Waals surface area contributed by atoms with Gasteiger partial charge in [0, 0.05) is 50.4 Å². The molecule has 2 aromatic carbocycles. The molecule has 12 nitrogen and oxygen atoms in total. The Kier molecular flexibility index (Phi) is 8.15. The average molecular weight is 570 g/mol. The number of hydrogen-bond acceptors (Lipinski definition) is 9. The summed E-state index contributed by atoms with van der Waals surface area (Å²) in [6.07, 6.45) is 2.53. The van der Waals surface area contributed by atoms with Gasteiger partial charge < -0.3 is 18.8 Å². The quantitative estimate of drug-likeness (QED) is 0.113. The monoisotopic (exact) mass is 569 g/mol. The van der Waals surface area contributed by atoms with Crippen LogP contribution in [0.2, 0.25) is 0 Å². The van der Waals surface area contributed by atoms with Gasteiger partial charge in [-0.25, -0.2) is 4.98 Å². The third-order valence-corrected chi connectivity index (χ3v) is 7.47. The topological polar surface area (TPSA) is 146 Å². The molecule has 0 radical (unpaired) electrons. The molecule has 0 bridgehead atoms. The Labute approximate surface area is 242 Å². The Hall–Kier alpha value is -4.68. The molecule has 4 aromatic rings. The number of benzene rings is 2. The smallest absolute Gasteiger partial charge is 0.363 e. The van der Waals surface area contributed by atoms with Crippen molar-refractivity contribution in [2.75, 3.05) is 46.4 Å². The summed E-state index contributed by atoms with van der Waals surface area (Å²) < 4.78 is 17.4. The van der Waals surface area contributed by atoms with Crippen LogP contribution in [0.5, 0.6) is 5.75 Å². The van der Waals surface area contributed by atoms with Gasteiger partial charge in [-0.05, 0) is 29.8 Å². The zero-order valence-electron chi connectivity index (χ0n) is 23.3. The van der Waals surface area contributed by atoms with Gasteiger partial charge in [-0.2, -0.15) is 5.10 Å². The Balaban J connectivity index is 1.15. The van der Waals surface area contributed by atoms with Crippen LogP contribution in [0.1, 0.15) is 28.5 Å². The van der Waals surface area contributed by atoms with Crippen molar-refractivity contribution in [3.8, 4) is 17.2 Å². The van der Waals surface area contributed by atoms with Gasteiger partial charge in [0.2, 0.25) is 5.89 Å². The molecule has 216 valence electrons. The summed E-state index contributed by atoms with van der Waals surface area (Å²) in [4.78, 5) is 26.6. The molecule has 1 amide bonds. The molecule has 0 aliphatic carbocycles. The lowest BCUT2D eigenvalue weighted by Gasteiger charge is -2.37. The number of amidine groups is 1. The second-order valence-electron chi connectivity index (χ2n) is 10.2. The van der Waals surface area contributed by atoms with E-state index in [4.69, 9.17) is 19.7 Å². The Morgan fingerprint density at radius 3 is 2.69 bits per heavy atom. The average Bonchev–Trinajstić information content (AvgIpc) is 3.71. The highest BCUT2D eigenvalue weighted by Gasteiger charge is 2.35. The van der Waals surface area contributed by atoms with Crippen molar-refractivity contribution in [1.82, 2.24) is 19.8 Å². The molecule has 0 spiro atoms. The number of pyridine rings is 1. The van der Waals surface area contributed by atoms with Crippen molar-refractivity contribution in [2.24, 2.45) is 16.1 Å². The number of hydrogen-bond donors (Lipinski definition) is 2. The maximum Gasteiger partial charge on any atom is 0.363 e. The number of nitrogens with zero attached hydrogens (tertiary/aromatic N) is 6. The number of fused-ring (bicyclic) bond motifs is 1. The van der Waals surface area contributed by atoms with Gasteiger partial charge in [-0.1, -0.05) is 35.4 Å². The second kappa shape index (κ2) is 12.5. The van der Waals surface area contributed by atoms with Crippen LogP contribution in [0.25, 0.3) is 22.6 Å². The van der Waals surface area contributed by atoms with Gasteiger partial charge in [-0.3, -0.25) is 20.5 Å². The molecule has 12 heteroatoms. The van der Waals surface area contributed by atoms with Gasteiger partial charge in [-0.15, -0.1) is 0 Å². The van der Waals surface area contributed by atoms with Crippen molar-refractivity contribution in [3.05, 3.63) is 78.1 Å². The molecule has 42 heavy (non-hydrogen) atoms. The summed E-state index contributed by atoms with van der Waals surface area (Å²) in [6, 6.07) is 18.9. The number of hydrazone groups is 1. The van der Waals surface area contributed by atoms with Crippen molar-refractivity contribution in [2.45, 2.75) is 18.6 Å². The minimum atomic E-state index is -0.213. The summed E-state index contributed by atoms with van der Waals surface area (Å²) in [7, 11) is 1.61. The number of hydrazine groups is 1. The van der Waals surface area contributed by atoms with Gasteiger partial charge in [0.1, 0.15) is 29.1 Å². The Morgan fingerprint density at radius 1 is 1.12 bits per heavy atom. The highest BCUT2D eigenvalue weighted by atomic mass is 16.5. The predicted octanol–water partition coefficient (Wildman–Crippen LogP) is 1.99. The molecule has 3 N–H and O–H groups in total. The number of carbonyl (C=O) groups is 1. The first-order chi connectivity index (χ1) is 20.6. The molecule has 2 aliphatic rings. The maximum absolute atomic E-state index is 13.5. The van der Waals surface area contributed by atoms with Crippen LogP contribution in [-0.4, -0.2) is 84.1 Å². The lowest BCUT2D eigenvalue weighted by Crippen LogP contribution is -2.81. The Morgan fingerprint density at radius 2 is 1.95 bits per heavy atom. The molecule has 2 aliphatic heterocycles. The predicted molar refractivity (Wildman–Crippen MR) is 155 cm³/mol. The number of oxazole rings is 1. The van der Waals surface area contributed by atoms with Crippen LogP contribution >= 0.6 is 0 Å². The first-order valence-corrected chi connectivity index (χ1v) is 14.0. The number of nitrogens with one attached hydrogen (secondary N) is 1. The maximum atomic E-state index is 13.5. The fourth-order valence-corrected chi connectivity index (χ4v) is 5.38. The number of rotatable bonds is 7. The van der Waals surface area contributed by atoms with Crippen molar-refractivity contribution >= 4 is 22.8 Å². The molecule has 6 rings (SSSR count). The number of carbonyl (C=O) groups excluding carboxylic acids is 1. The van der Waals surface area contributed by atoms with Crippen molar-refractivity contribution < 1.29 is 23.8 Å². The zero-order chi connectivity index (χ0) is 28.9. The first kappa shape index (κ1) is 27.5. The number of piperazine rings is 1. The van der Waals surface area contributed by atoms with E-state index < -0.39 is 0 Å². The van der Waals surface area contributed by atoms with Crippen LogP contribution in [-0.2, 0) is 4.74 Å². The number of ether oxygens (including phenoxy) is 2. The van der Waals surface area contributed by atoms with Crippen LogP contribution in [0, 0.1) is 0 Å². The standard InChI is InChI=1S/C30H32N8O4/c1-32-36-28(35-31)27(20-5-3-2-4-6-20)37-12-14-38(15-13-37)30(39)25-17-21(9-11-33-25)29-34-24-18-22(7-8-26(24)42-29)41-23-10-16-40-19-23/h2-9,11,17-18,23,27H,10,12-16,19,31H2,1H3/p+1. The van der Waals surface area contributed by atoms with E-state index in [1.54, 1.807) is 25.4 Å². The lowest BCUT2D eigenvalue weighted by atomic mass is 10.0. The largest absolute Gasteiger partial charge is 0.488 e. The van der Waals surface area contributed by atoms with Gasteiger partial charge in [0.25, 0.3) is 5.91 Å². The summed E-state index contributed by atoms with van der Waals surface area (Å²) in [6.45, 7) is 3.59. The van der Waals surface area contributed by atoms with E-state index in [1.165, 1.54) is 0 Å². The number of azo groups is 1. The summed E-state index contributed by atoms with van der Waals surface area (Å²) >= 11 is 0. The van der Waals surface area contributed by atoms with Crippen molar-refractivity contribution in [3.63, 3.8) is 0 Å². The van der Waals surface area contributed by atoms with Crippen LogP contribution in [0.3, 0.4) is 0 Å². The lowest BCUT2D eigenvalue weighted by molar-refractivity contribution is -0.473. The minimum absolute atomic E-state index is 0.0491. The molecule has 2 unspecified atom stereocenters. The molecular formula is C30H33N8O4+. The highest BCUT2D eigenvalue weighted by molar-refractivity contribution is 5.93. The SMILES string of the molecule is CN=NC(=[NH+]N)C(c1ccccc1)N1CCN(C(=O)c2cc(-c3nc4cc(OC5CCOC5)ccc4o3)ccn2)CC1. The van der Waals surface area contributed by atoms with Gasteiger partial charge in [0.05, 0.1) is 25.4 Å². The van der Waals surface area contributed by atoms with E-state index in [1.807, 2.05) is 53.4 Å². The summed E-state index contributed by atoms with van der Waals surface area (Å²) in [5, 5.41) is 10.9. The normalized spacial score (nSPS) is 19.0. The highest BCUT2D eigenvalue weighted by Crippen LogP contribution is 2.29. The molecule has 2 fully saturated rings. The Bertz CT molecular complexity index is 1590. The number of amides is 1. The van der Waals surface area contributed by atoms with E-state index in [-0.39, 0.29) is 18.1 Å². The fourth-order valence-electron chi connectivity index (χ4n) is 5.38. The zero-order valence-corrected chi connectivity index (χ0v) is 23.3. The molecule has 2 saturated heterocycles. The number of nitrogens with two attached hydrogens (primary N) is 1.